The van der Waals surface area contributed by atoms with Gasteiger partial charge in [-0.3, -0.25) is 4.55 Å². The lowest BCUT2D eigenvalue weighted by Gasteiger charge is -2.02. The van der Waals surface area contributed by atoms with Gasteiger partial charge in [0.1, 0.15) is 10.3 Å². The Morgan fingerprint density at radius 2 is 2.31 bits per heavy atom. The van der Waals surface area contributed by atoms with Crippen molar-refractivity contribution in [1.82, 2.24) is 4.98 Å². The highest BCUT2D eigenvalue weighted by Gasteiger charge is 2.22. The van der Waals surface area contributed by atoms with Crippen LogP contribution in [0.5, 0.6) is 0 Å². The normalized spacial score (nSPS) is 14.4. The molecule has 1 rings (SSSR count). The van der Waals surface area contributed by atoms with E-state index in [1.165, 1.54) is 18.3 Å². The summed E-state index contributed by atoms with van der Waals surface area (Å²) in [6, 6.07) is 0. The molecule has 0 aromatic carbocycles. The first-order valence-electron chi connectivity index (χ1n) is 3.85. The monoisotopic (exact) mass is 221 g/mol. The van der Waals surface area contributed by atoms with Crippen molar-refractivity contribution in [3.05, 3.63) is 16.1 Å². The maximum absolute atomic E-state index is 10.8. The highest BCUT2D eigenvalue weighted by molar-refractivity contribution is 7.86. The van der Waals surface area contributed by atoms with Gasteiger partial charge in [0.05, 0.1) is 5.69 Å². The molecule has 4 nitrogen and oxygen atoms in total. The maximum atomic E-state index is 10.8. The zero-order valence-corrected chi connectivity index (χ0v) is 9.02. The molecule has 13 heavy (non-hydrogen) atoms. The molecule has 1 aromatic rings. The van der Waals surface area contributed by atoms with Gasteiger partial charge in [0.25, 0.3) is 10.1 Å². The lowest BCUT2D eigenvalue weighted by Crippen LogP contribution is -2.08. The number of hydrogen-bond acceptors (Lipinski definition) is 4. The molecule has 0 aliphatic rings. The van der Waals surface area contributed by atoms with Gasteiger partial charge >= 0.3 is 0 Å². The Morgan fingerprint density at radius 3 is 2.69 bits per heavy atom. The first-order valence-corrected chi connectivity index (χ1v) is 6.24. The summed E-state index contributed by atoms with van der Waals surface area (Å²) in [5, 5.41) is 1.33. The topological polar surface area (TPSA) is 67.3 Å². The minimum Gasteiger partial charge on any atom is -0.285 e. The Labute approximate surface area is 81.4 Å². The van der Waals surface area contributed by atoms with Crippen LogP contribution in [0.2, 0.25) is 0 Å². The minimum absolute atomic E-state index is 0.444. The van der Waals surface area contributed by atoms with Crippen LogP contribution in [0.25, 0.3) is 0 Å². The molecule has 0 fully saturated rings. The summed E-state index contributed by atoms with van der Waals surface area (Å²) in [5.74, 6) is 0. The number of rotatable bonds is 3. The van der Waals surface area contributed by atoms with Gasteiger partial charge in [-0.1, -0.05) is 6.92 Å². The predicted octanol–water partition coefficient (Wildman–Crippen LogP) is 1.65. The zero-order valence-electron chi connectivity index (χ0n) is 7.39. The van der Waals surface area contributed by atoms with E-state index in [2.05, 4.69) is 4.98 Å². The summed E-state index contributed by atoms with van der Waals surface area (Å²) < 4.78 is 30.3. The van der Waals surface area contributed by atoms with Crippen molar-refractivity contribution in [2.75, 3.05) is 0 Å². The number of nitrogens with zero attached hydrogens (tertiary/aromatic N) is 1. The molecule has 0 spiro atoms. The van der Waals surface area contributed by atoms with E-state index in [0.717, 1.165) is 12.1 Å². The molecule has 1 unspecified atom stereocenters. The summed E-state index contributed by atoms with van der Waals surface area (Å²) >= 11 is 1.26. The molecule has 6 heteroatoms. The van der Waals surface area contributed by atoms with Crippen molar-refractivity contribution in [2.24, 2.45) is 0 Å². The first-order chi connectivity index (χ1) is 5.95. The van der Waals surface area contributed by atoms with Crippen molar-refractivity contribution in [3.63, 3.8) is 0 Å². The molecule has 0 radical (unpaired) electrons. The van der Waals surface area contributed by atoms with E-state index in [0.29, 0.717) is 5.01 Å². The second kappa shape index (κ2) is 3.73. The third-order valence-corrected chi connectivity index (χ3v) is 4.07. The molecule has 0 saturated heterocycles. The molecular formula is C7H11NO3S2. The molecule has 0 aliphatic heterocycles. The highest BCUT2D eigenvalue weighted by atomic mass is 32.2. The van der Waals surface area contributed by atoms with Gasteiger partial charge in [0.2, 0.25) is 0 Å². The smallest absolute Gasteiger partial charge is 0.274 e. The largest absolute Gasteiger partial charge is 0.285 e. The molecule has 0 amide bonds. The first kappa shape index (κ1) is 10.6. The minimum atomic E-state index is -4.00. The Bertz CT molecular complexity index is 382. The molecule has 0 saturated carbocycles. The van der Waals surface area contributed by atoms with Crippen LogP contribution in [-0.4, -0.2) is 18.0 Å². The maximum Gasteiger partial charge on any atom is 0.274 e. The van der Waals surface area contributed by atoms with Gasteiger partial charge < -0.3 is 0 Å². The van der Waals surface area contributed by atoms with E-state index in [9.17, 15) is 8.42 Å². The number of thiazole rings is 1. The van der Waals surface area contributed by atoms with Gasteiger partial charge in [0.15, 0.2) is 0 Å². The molecule has 74 valence electrons. The lowest BCUT2D eigenvalue weighted by molar-refractivity contribution is 0.472. The Hall–Kier alpha value is -0.460. The standard InChI is InChI=1S/C7H11NO3S2/c1-3-6-4-12-7(8-6)5(2)13(9,10)11/h4-5H,3H2,1-2H3,(H,9,10,11). The van der Waals surface area contributed by atoms with Crippen LogP contribution in [-0.2, 0) is 16.5 Å². The van der Waals surface area contributed by atoms with Crippen molar-refractivity contribution in [1.29, 1.82) is 0 Å². The molecule has 1 atom stereocenters. The van der Waals surface area contributed by atoms with E-state index >= 15 is 0 Å². The molecule has 0 bridgehead atoms. The van der Waals surface area contributed by atoms with Gasteiger partial charge in [-0.25, -0.2) is 4.98 Å². The third-order valence-electron chi connectivity index (χ3n) is 1.73. The van der Waals surface area contributed by atoms with Crippen LogP contribution < -0.4 is 0 Å². The SMILES string of the molecule is CCc1csc(C(C)S(=O)(=O)O)n1. The van der Waals surface area contributed by atoms with Crippen LogP contribution in [0.4, 0.5) is 0 Å². The second-order valence-corrected chi connectivity index (χ2v) is 5.31. The van der Waals surface area contributed by atoms with Crippen molar-refractivity contribution in [3.8, 4) is 0 Å². The molecule has 0 aliphatic carbocycles. The average molecular weight is 221 g/mol. The van der Waals surface area contributed by atoms with Crippen LogP contribution in [0.1, 0.15) is 29.8 Å². The quantitative estimate of drug-likeness (QED) is 0.788. The van der Waals surface area contributed by atoms with Crippen LogP contribution >= 0.6 is 11.3 Å². The number of aromatic nitrogens is 1. The van der Waals surface area contributed by atoms with E-state index in [4.69, 9.17) is 4.55 Å². The van der Waals surface area contributed by atoms with Crippen LogP contribution in [0.15, 0.2) is 5.38 Å². The average Bonchev–Trinajstić information content (AvgIpc) is 2.48. The van der Waals surface area contributed by atoms with E-state index in [-0.39, 0.29) is 0 Å². The van der Waals surface area contributed by atoms with Gasteiger partial charge in [-0.05, 0) is 13.3 Å². The zero-order chi connectivity index (χ0) is 10.1. The summed E-state index contributed by atoms with van der Waals surface area (Å²) in [6.07, 6.45) is 0.773. The highest BCUT2D eigenvalue weighted by Crippen LogP contribution is 2.24. The second-order valence-electron chi connectivity index (χ2n) is 2.69. The van der Waals surface area contributed by atoms with E-state index in [1.54, 1.807) is 5.38 Å². The summed E-state index contributed by atoms with van der Waals surface area (Å²) in [4.78, 5) is 4.07. The fourth-order valence-electron chi connectivity index (χ4n) is 0.799. The van der Waals surface area contributed by atoms with Gasteiger partial charge in [-0.2, -0.15) is 8.42 Å². The fourth-order valence-corrected chi connectivity index (χ4v) is 2.48. The fraction of sp³-hybridized carbons (Fsp3) is 0.571. The molecule has 1 aromatic heterocycles. The lowest BCUT2D eigenvalue weighted by atomic mass is 10.4. The van der Waals surface area contributed by atoms with Crippen LogP contribution in [0.3, 0.4) is 0 Å². The van der Waals surface area contributed by atoms with E-state index < -0.39 is 15.4 Å². The molecule has 1 N–H and O–H groups in total. The summed E-state index contributed by atoms with van der Waals surface area (Å²) in [5.41, 5.74) is 0.857. The Kier molecular flexibility index (Phi) is 3.05. The van der Waals surface area contributed by atoms with Crippen molar-refractivity contribution in [2.45, 2.75) is 25.5 Å². The predicted molar refractivity (Wildman–Crippen MR) is 51.5 cm³/mol. The summed E-state index contributed by atoms with van der Waals surface area (Å²) in [6.45, 7) is 3.37. The van der Waals surface area contributed by atoms with Crippen molar-refractivity contribution >= 4 is 21.5 Å². The molecular weight excluding hydrogens is 210 g/mol. The number of hydrogen-bond donors (Lipinski definition) is 1. The Morgan fingerprint density at radius 1 is 1.69 bits per heavy atom. The number of aryl methyl sites for hydroxylation is 1. The summed E-state index contributed by atoms with van der Waals surface area (Å²) in [7, 11) is -4.00. The molecule has 1 heterocycles. The van der Waals surface area contributed by atoms with Crippen LogP contribution in [0, 0.1) is 0 Å². The van der Waals surface area contributed by atoms with Gasteiger partial charge in [-0.15, -0.1) is 11.3 Å². The van der Waals surface area contributed by atoms with Crippen molar-refractivity contribution < 1.29 is 13.0 Å². The van der Waals surface area contributed by atoms with E-state index in [1.807, 2.05) is 6.92 Å². The Balaban J connectivity index is 2.96. The third kappa shape index (κ3) is 2.49. The van der Waals surface area contributed by atoms with Gasteiger partial charge in [0, 0.05) is 5.38 Å².